The fourth-order valence-electron chi connectivity index (χ4n) is 3.40. The van der Waals surface area contributed by atoms with Crippen molar-refractivity contribution in [1.82, 2.24) is 15.5 Å². The molecule has 2 heterocycles. The fourth-order valence-corrected chi connectivity index (χ4v) is 3.40. The van der Waals surface area contributed by atoms with Crippen molar-refractivity contribution in [3.63, 3.8) is 0 Å². The molecule has 2 unspecified atom stereocenters. The summed E-state index contributed by atoms with van der Waals surface area (Å²) in [5.41, 5.74) is -0.532. The van der Waals surface area contributed by atoms with Gasteiger partial charge in [-0.25, -0.2) is 4.79 Å². The Labute approximate surface area is 167 Å². The van der Waals surface area contributed by atoms with Gasteiger partial charge in [-0.15, -0.1) is 0 Å². The first-order chi connectivity index (χ1) is 14.0. The number of rotatable bonds is 5. The number of hydrogen-bond donors (Lipinski definition) is 2. The number of benzene rings is 2. The highest BCUT2D eigenvalue weighted by Gasteiger charge is 2.49. The fraction of sp³-hybridized carbons (Fsp3) is 0.286. The standard InChI is InChI=1S/C21H21N3O5/c1-21(14-7-3-2-4-8-14)19(26)24(20(27)23-21)12-18(25)22-11-15-13-28-16-9-5-6-10-17(16)29-15/h2-10,15H,11-13H2,1H3,(H,22,25)(H,23,27). The summed E-state index contributed by atoms with van der Waals surface area (Å²) in [6, 6.07) is 15.6. The highest BCUT2D eigenvalue weighted by molar-refractivity contribution is 6.09. The lowest BCUT2D eigenvalue weighted by molar-refractivity contribution is -0.134. The van der Waals surface area contributed by atoms with E-state index >= 15 is 0 Å². The Bertz CT molecular complexity index is 948. The quantitative estimate of drug-likeness (QED) is 0.746. The van der Waals surface area contributed by atoms with E-state index in [1.165, 1.54) is 0 Å². The molecule has 0 saturated carbocycles. The van der Waals surface area contributed by atoms with Crippen molar-refractivity contribution < 1.29 is 23.9 Å². The molecule has 2 aliphatic heterocycles. The van der Waals surface area contributed by atoms with Crippen molar-refractivity contribution in [3.8, 4) is 11.5 Å². The smallest absolute Gasteiger partial charge is 0.325 e. The minimum atomic E-state index is -1.19. The molecule has 2 aromatic carbocycles. The van der Waals surface area contributed by atoms with Crippen LogP contribution in [0, 0.1) is 0 Å². The molecule has 0 aliphatic carbocycles. The predicted octanol–water partition coefficient (Wildman–Crippen LogP) is 1.41. The SMILES string of the molecule is CC1(c2ccccc2)NC(=O)N(CC(=O)NCC2COc3ccccc3O2)C1=O. The van der Waals surface area contributed by atoms with Gasteiger partial charge in [0, 0.05) is 0 Å². The Morgan fingerprint density at radius 1 is 1.14 bits per heavy atom. The van der Waals surface area contributed by atoms with Crippen LogP contribution in [0.15, 0.2) is 54.6 Å². The second-order valence-electron chi connectivity index (χ2n) is 7.11. The lowest BCUT2D eigenvalue weighted by atomic mass is 9.92. The van der Waals surface area contributed by atoms with Crippen molar-refractivity contribution in [3.05, 3.63) is 60.2 Å². The van der Waals surface area contributed by atoms with Crippen molar-refractivity contribution >= 4 is 17.8 Å². The number of amides is 4. The van der Waals surface area contributed by atoms with Crippen LogP contribution in [0.1, 0.15) is 12.5 Å². The van der Waals surface area contributed by atoms with Crippen molar-refractivity contribution in [2.75, 3.05) is 19.7 Å². The molecule has 0 aromatic heterocycles. The first kappa shape index (κ1) is 18.8. The number of carbonyl (C=O) groups is 3. The van der Waals surface area contributed by atoms with Gasteiger partial charge in [-0.3, -0.25) is 14.5 Å². The number of carbonyl (C=O) groups excluding carboxylic acids is 3. The van der Waals surface area contributed by atoms with Gasteiger partial charge in [-0.05, 0) is 24.6 Å². The van der Waals surface area contributed by atoms with Gasteiger partial charge in [0.15, 0.2) is 11.5 Å². The van der Waals surface area contributed by atoms with Crippen molar-refractivity contribution in [2.24, 2.45) is 0 Å². The summed E-state index contributed by atoms with van der Waals surface area (Å²) in [6.07, 6.45) is -0.355. The van der Waals surface area contributed by atoms with E-state index in [4.69, 9.17) is 9.47 Å². The number of fused-ring (bicyclic) bond motifs is 1. The lowest BCUT2D eigenvalue weighted by Crippen LogP contribution is -2.46. The minimum Gasteiger partial charge on any atom is -0.486 e. The molecule has 4 rings (SSSR count). The maximum Gasteiger partial charge on any atom is 0.325 e. The van der Waals surface area contributed by atoms with Crippen LogP contribution in [0.5, 0.6) is 11.5 Å². The highest BCUT2D eigenvalue weighted by Crippen LogP contribution is 2.31. The van der Waals surface area contributed by atoms with Gasteiger partial charge in [0.2, 0.25) is 5.91 Å². The molecule has 4 amide bonds. The van der Waals surface area contributed by atoms with Crippen LogP contribution in [-0.2, 0) is 15.1 Å². The zero-order valence-corrected chi connectivity index (χ0v) is 15.9. The second-order valence-corrected chi connectivity index (χ2v) is 7.11. The van der Waals surface area contributed by atoms with Crippen LogP contribution >= 0.6 is 0 Å². The van der Waals surface area contributed by atoms with E-state index in [1.807, 2.05) is 24.3 Å². The largest absolute Gasteiger partial charge is 0.486 e. The van der Waals surface area contributed by atoms with Crippen LogP contribution < -0.4 is 20.1 Å². The average molecular weight is 395 g/mol. The van der Waals surface area contributed by atoms with Crippen LogP contribution in [0.4, 0.5) is 4.79 Å². The monoisotopic (exact) mass is 395 g/mol. The third kappa shape index (κ3) is 3.61. The molecule has 8 nitrogen and oxygen atoms in total. The molecule has 1 fully saturated rings. The Balaban J connectivity index is 1.34. The third-order valence-electron chi connectivity index (χ3n) is 5.02. The first-order valence-electron chi connectivity index (χ1n) is 9.32. The number of para-hydroxylation sites is 2. The van der Waals surface area contributed by atoms with E-state index in [0.29, 0.717) is 23.7 Å². The Kier molecular flexibility index (Phi) is 4.84. The van der Waals surface area contributed by atoms with Crippen molar-refractivity contribution in [1.29, 1.82) is 0 Å². The summed E-state index contributed by atoms with van der Waals surface area (Å²) >= 11 is 0. The number of nitrogens with zero attached hydrogens (tertiary/aromatic N) is 1. The molecule has 0 spiro atoms. The number of ether oxygens (including phenoxy) is 2. The second kappa shape index (κ2) is 7.46. The Morgan fingerprint density at radius 3 is 2.59 bits per heavy atom. The molecule has 29 heavy (non-hydrogen) atoms. The summed E-state index contributed by atoms with van der Waals surface area (Å²) in [4.78, 5) is 38.4. The van der Waals surface area contributed by atoms with Gasteiger partial charge in [-0.1, -0.05) is 42.5 Å². The van der Waals surface area contributed by atoms with Gasteiger partial charge in [0.1, 0.15) is 24.8 Å². The summed E-state index contributed by atoms with van der Waals surface area (Å²) in [7, 11) is 0. The van der Waals surface area contributed by atoms with Crippen LogP contribution in [0.25, 0.3) is 0 Å². The molecular weight excluding hydrogens is 374 g/mol. The zero-order chi connectivity index (χ0) is 20.4. The normalized spacial score (nSPS) is 22.9. The Morgan fingerprint density at radius 2 is 1.83 bits per heavy atom. The summed E-state index contributed by atoms with van der Waals surface area (Å²) in [6.45, 7) is 1.77. The van der Waals surface area contributed by atoms with Gasteiger partial charge in [0.25, 0.3) is 5.91 Å². The summed E-state index contributed by atoms with van der Waals surface area (Å²) in [5, 5.41) is 5.38. The lowest BCUT2D eigenvalue weighted by Gasteiger charge is -2.26. The molecule has 150 valence electrons. The minimum absolute atomic E-state index is 0.201. The summed E-state index contributed by atoms with van der Waals surface area (Å²) in [5.74, 6) is 0.364. The van der Waals surface area contributed by atoms with E-state index < -0.39 is 23.4 Å². The highest BCUT2D eigenvalue weighted by atomic mass is 16.6. The van der Waals surface area contributed by atoms with Gasteiger partial charge in [0.05, 0.1) is 6.54 Å². The molecule has 2 aliphatic rings. The van der Waals surface area contributed by atoms with E-state index in [9.17, 15) is 14.4 Å². The van der Waals surface area contributed by atoms with Gasteiger partial charge in [-0.2, -0.15) is 0 Å². The average Bonchev–Trinajstić information content (AvgIpc) is 2.96. The van der Waals surface area contributed by atoms with Crippen LogP contribution in [0.3, 0.4) is 0 Å². The number of nitrogens with one attached hydrogen (secondary N) is 2. The van der Waals surface area contributed by atoms with Crippen molar-refractivity contribution in [2.45, 2.75) is 18.6 Å². The van der Waals surface area contributed by atoms with E-state index in [-0.39, 0.29) is 19.2 Å². The molecule has 2 atom stereocenters. The van der Waals surface area contributed by atoms with Gasteiger partial charge < -0.3 is 20.1 Å². The number of urea groups is 1. The zero-order valence-electron chi connectivity index (χ0n) is 15.9. The number of imide groups is 1. The maximum absolute atomic E-state index is 12.8. The molecule has 8 heteroatoms. The predicted molar refractivity (Wildman–Crippen MR) is 103 cm³/mol. The van der Waals surface area contributed by atoms with E-state index in [2.05, 4.69) is 10.6 Å². The third-order valence-corrected chi connectivity index (χ3v) is 5.02. The molecule has 1 saturated heterocycles. The first-order valence-corrected chi connectivity index (χ1v) is 9.32. The topological polar surface area (TPSA) is 97.0 Å². The summed E-state index contributed by atoms with van der Waals surface area (Å²) < 4.78 is 11.4. The van der Waals surface area contributed by atoms with Gasteiger partial charge >= 0.3 is 6.03 Å². The maximum atomic E-state index is 12.8. The molecule has 2 aromatic rings. The Hall–Kier alpha value is -3.55. The van der Waals surface area contributed by atoms with E-state index in [0.717, 1.165) is 4.90 Å². The molecule has 0 radical (unpaired) electrons. The molecular formula is C21H21N3O5. The molecule has 2 N–H and O–H groups in total. The molecule has 0 bridgehead atoms. The number of hydrogen-bond acceptors (Lipinski definition) is 5. The van der Waals surface area contributed by atoms with Crippen LogP contribution in [-0.4, -0.2) is 48.5 Å². The van der Waals surface area contributed by atoms with E-state index in [1.54, 1.807) is 37.3 Å². The van der Waals surface area contributed by atoms with Crippen LogP contribution in [0.2, 0.25) is 0 Å².